The van der Waals surface area contributed by atoms with Crippen molar-refractivity contribution in [2.24, 2.45) is 11.7 Å². The molecule has 4 N–H and O–H groups in total. The monoisotopic (exact) mass is 263 g/mol. The molecule has 19 heavy (non-hydrogen) atoms. The summed E-state index contributed by atoms with van der Waals surface area (Å²) in [6.07, 6.45) is 0.484. The first-order valence-electron chi connectivity index (χ1n) is 6.48. The van der Waals surface area contributed by atoms with Gasteiger partial charge in [0.1, 0.15) is 11.6 Å². The number of aliphatic hydroxyl groups excluding tert-OH is 1. The fraction of sp³-hybridized carbons (Fsp3) is 0.500. The minimum absolute atomic E-state index is 0.0522. The largest absolute Gasteiger partial charge is 0.497 e. The first-order chi connectivity index (χ1) is 9.02. The van der Waals surface area contributed by atoms with Gasteiger partial charge in [-0.15, -0.1) is 0 Å². The van der Waals surface area contributed by atoms with Crippen LogP contribution in [0.1, 0.15) is 18.9 Å². The van der Waals surface area contributed by atoms with E-state index in [2.05, 4.69) is 4.90 Å². The highest BCUT2D eigenvalue weighted by atomic mass is 16.5. The summed E-state index contributed by atoms with van der Waals surface area (Å²) in [5, 5.41) is 17.5. The van der Waals surface area contributed by atoms with Crippen LogP contribution in [0.15, 0.2) is 18.2 Å². The normalized spacial score (nSPS) is 23.2. The molecule has 0 saturated carbocycles. The lowest BCUT2D eigenvalue weighted by molar-refractivity contribution is 0.0971. The van der Waals surface area contributed by atoms with Gasteiger partial charge in [0, 0.05) is 24.7 Å². The van der Waals surface area contributed by atoms with E-state index in [9.17, 15) is 5.11 Å². The van der Waals surface area contributed by atoms with Crippen molar-refractivity contribution in [3.63, 3.8) is 0 Å². The molecule has 1 aliphatic rings. The average Bonchev–Trinajstić information content (AvgIpc) is 2.41. The zero-order valence-electron chi connectivity index (χ0n) is 11.4. The molecule has 0 aliphatic carbocycles. The summed E-state index contributed by atoms with van der Waals surface area (Å²) in [6, 6.07) is 5.52. The predicted molar refractivity (Wildman–Crippen MR) is 76.0 cm³/mol. The molecule has 104 valence electrons. The number of nitrogens with one attached hydrogen (secondary N) is 1. The van der Waals surface area contributed by atoms with Crippen LogP contribution in [0.2, 0.25) is 0 Å². The Bertz CT molecular complexity index is 476. The zero-order valence-corrected chi connectivity index (χ0v) is 11.4. The van der Waals surface area contributed by atoms with E-state index in [0.717, 1.165) is 30.9 Å². The van der Waals surface area contributed by atoms with Crippen molar-refractivity contribution >= 4 is 11.5 Å². The zero-order chi connectivity index (χ0) is 14.0. The Balaban J connectivity index is 2.34. The number of anilines is 1. The molecule has 0 aromatic heterocycles. The molecule has 0 amide bonds. The second-order valence-electron chi connectivity index (χ2n) is 5.08. The number of methoxy groups -OCH3 is 1. The van der Waals surface area contributed by atoms with Gasteiger partial charge in [-0.2, -0.15) is 0 Å². The highest BCUT2D eigenvalue weighted by Gasteiger charge is 2.26. The highest BCUT2D eigenvalue weighted by molar-refractivity contribution is 6.00. The van der Waals surface area contributed by atoms with E-state index in [1.54, 1.807) is 7.11 Å². The van der Waals surface area contributed by atoms with E-state index >= 15 is 0 Å². The van der Waals surface area contributed by atoms with Crippen LogP contribution in [0, 0.1) is 11.3 Å². The summed E-state index contributed by atoms with van der Waals surface area (Å²) in [7, 11) is 1.62. The highest BCUT2D eigenvalue weighted by Crippen LogP contribution is 2.29. The maximum atomic E-state index is 9.80. The fourth-order valence-electron chi connectivity index (χ4n) is 2.48. The van der Waals surface area contributed by atoms with Crippen molar-refractivity contribution in [1.29, 1.82) is 5.41 Å². The maximum absolute atomic E-state index is 9.80. The van der Waals surface area contributed by atoms with Crippen LogP contribution in [0.5, 0.6) is 5.75 Å². The predicted octanol–water partition coefficient (Wildman–Crippen LogP) is 1.19. The Labute approximate surface area is 113 Å². The summed E-state index contributed by atoms with van der Waals surface area (Å²) in [5.41, 5.74) is 7.26. The van der Waals surface area contributed by atoms with E-state index in [0.29, 0.717) is 5.56 Å². The Morgan fingerprint density at radius 2 is 2.26 bits per heavy atom. The molecule has 2 rings (SSSR count). The van der Waals surface area contributed by atoms with E-state index in [4.69, 9.17) is 15.9 Å². The number of ether oxygens (including phenoxy) is 1. The standard InChI is InChI=1S/C14H21N3O2/c1-9-8-17(6-5-13(9)18)12-7-10(19-2)3-4-11(12)14(15)16/h3-4,7,9,13,18H,5-6,8H2,1-2H3,(H3,15,16). The van der Waals surface area contributed by atoms with E-state index in [1.807, 2.05) is 25.1 Å². The SMILES string of the molecule is COc1ccc(C(=N)N)c(N2CCC(O)C(C)C2)c1. The second-order valence-corrected chi connectivity index (χ2v) is 5.08. The lowest BCUT2D eigenvalue weighted by Gasteiger charge is -2.37. The number of nitrogens with zero attached hydrogens (tertiary/aromatic N) is 1. The van der Waals surface area contributed by atoms with Gasteiger partial charge in [-0.25, -0.2) is 0 Å². The van der Waals surface area contributed by atoms with Gasteiger partial charge in [-0.1, -0.05) is 6.92 Å². The summed E-state index contributed by atoms with van der Waals surface area (Å²) < 4.78 is 5.24. The Morgan fingerprint density at radius 1 is 1.53 bits per heavy atom. The Morgan fingerprint density at radius 3 is 2.84 bits per heavy atom. The minimum atomic E-state index is -0.248. The van der Waals surface area contributed by atoms with Crippen molar-refractivity contribution in [3.8, 4) is 5.75 Å². The smallest absolute Gasteiger partial charge is 0.124 e. The molecule has 1 aliphatic heterocycles. The van der Waals surface area contributed by atoms with Crippen molar-refractivity contribution in [2.75, 3.05) is 25.1 Å². The van der Waals surface area contributed by atoms with Gasteiger partial charge in [-0.3, -0.25) is 5.41 Å². The van der Waals surface area contributed by atoms with Crippen molar-refractivity contribution < 1.29 is 9.84 Å². The van der Waals surface area contributed by atoms with E-state index in [-0.39, 0.29) is 17.9 Å². The van der Waals surface area contributed by atoms with Crippen LogP contribution in [0.4, 0.5) is 5.69 Å². The number of nitrogen functional groups attached to an aromatic ring is 1. The third-order valence-electron chi connectivity index (χ3n) is 3.70. The number of piperidine rings is 1. The molecule has 1 aromatic carbocycles. The molecule has 5 nitrogen and oxygen atoms in total. The van der Waals surface area contributed by atoms with Gasteiger partial charge < -0.3 is 20.5 Å². The van der Waals surface area contributed by atoms with Gasteiger partial charge >= 0.3 is 0 Å². The molecule has 2 unspecified atom stereocenters. The van der Waals surface area contributed by atoms with Crippen LogP contribution in [-0.4, -0.2) is 37.2 Å². The number of amidine groups is 1. The first-order valence-corrected chi connectivity index (χ1v) is 6.48. The summed E-state index contributed by atoms with van der Waals surface area (Å²) in [4.78, 5) is 2.16. The van der Waals surface area contributed by atoms with Crippen LogP contribution in [0.3, 0.4) is 0 Å². The lowest BCUT2D eigenvalue weighted by Crippen LogP contribution is -2.42. The number of hydrogen-bond acceptors (Lipinski definition) is 4. The molecule has 1 aromatic rings. The number of benzene rings is 1. The molecule has 0 radical (unpaired) electrons. The molecule has 1 heterocycles. The molecular weight excluding hydrogens is 242 g/mol. The summed E-state index contributed by atoms with van der Waals surface area (Å²) >= 11 is 0. The van der Waals surface area contributed by atoms with Crippen LogP contribution in [0.25, 0.3) is 0 Å². The molecule has 2 atom stereocenters. The van der Waals surface area contributed by atoms with Crippen LogP contribution >= 0.6 is 0 Å². The molecule has 5 heteroatoms. The number of rotatable bonds is 3. The second kappa shape index (κ2) is 5.48. The number of aliphatic hydroxyl groups is 1. The quantitative estimate of drug-likeness (QED) is 0.565. The fourth-order valence-corrected chi connectivity index (χ4v) is 2.48. The molecule has 1 saturated heterocycles. The van der Waals surface area contributed by atoms with Crippen molar-refractivity contribution in [1.82, 2.24) is 0 Å². The van der Waals surface area contributed by atoms with Crippen LogP contribution < -0.4 is 15.4 Å². The molecule has 0 bridgehead atoms. The Hall–Kier alpha value is -1.75. The minimum Gasteiger partial charge on any atom is -0.497 e. The topological polar surface area (TPSA) is 82.6 Å². The first kappa shape index (κ1) is 13.7. The summed E-state index contributed by atoms with van der Waals surface area (Å²) in [5.74, 6) is 1.01. The van der Waals surface area contributed by atoms with E-state index in [1.165, 1.54) is 0 Å². The Kier molecular flexibility index (Phi) is 3.95. The third-order valence-corrected chi connectivity index (χ3v) is 3.70. The van der Waals surface area contributed by atoms with Gasteiger partial charge in [0.25, 0.3) is 0 Å². The molecule has 0 spiro atoms. The molecule has 1 fully saturated rings. The van der Waals surface area contributed by atoms with E-state index < -0.39 is 0 Å². The maximum Gasteiger partial charge on any atom is 0.124 e. The van der Waals surface area contributed by atoms with Crippen molar-refractivity contribution in [3.05, 3.63) is 23.8 Å². The van der Waals surface area contributed by atoms with Gasteiger partial charge in [0.15, 0.2) is 0 Å². The molecular formula is C14H21N3O2. The van der Waals surface area contributed by atoms with Gasteiger partial charge in [0.2, 0.25) is 0 Å². The average molecular weight is 263 g/mol. The lowest BCUT2D eigenvalue weighted by atomic mass is 9.95. The number of nitrogens with two attached hydrogens (primary N) is 1. The van der Waals surface area contributed by atoms with Crippen LogP contribution in [-0.2, 0) is 0 Å². The van der Waals surface area contributed by atoms with Gasteiger partial charge in [-0.05, 0) is 24.5 Å². The summed E-state index contributed by atoms with van der Waals surface area (Å²) in [6.45, 7) is 3.55. The van der Waals surface area contributed by atoms with Crippen molar-refractivity contribution in [2.45, 2.75) is 19.4 Å². The number of hydrogen-bond donors (Lipinski definition) is 3. The third kappa shape index (κ3) is 2.81. The van der Waals surface area contributed by atoms with Gasteiger partial charge in [0.05, 0.1) is 18.9 Å².